The minimum Gasteiger partial charge on any atom is -0.508 e. The van der Waals surface area contributed by atoms with Crippen molar-refractivity contribution in [2.24, 2.45) is 5.92 Å². The van der Waals surface area contributed by atoms with E-state index in [0.29, 0.717) is 17.8 Å². The highest BCUT2D eigenvalue weighted by Gasteiger charge is 2.38. The summed E-state index contributed by atoms with van der Waals surface area (Å²) in [5.41, 5.74) is 1.09. The maximum absolute atomic E-state index is 10.1. The maximum Gasteiger partial charge on any atom is 0.120 e. The van der Waals surface area contributed by atoms with Crippen molar-refractivity contribution in [1.82, 2.24) is 10.2 Å². The van der Waals surface area contributed by atoms with Crippen LogP contribution in [0.4, 0.5) is 0 Å². The molecule has 3 nitrogen and oxygen atoms in total. The Morgan fingerprint density at radius 1 is 1.37 bits per heavy atom. The van der Waals surface area contributed by atoms with Gasteiger partial charge in [-0.05, 0) is 44.3 Å². The van der Waals surface area contributed by atoms with Gasteiger partial charge in [0.25, 0.3) is 0 Å². The van der Waals surface area contributed by atoms with Crippen LogP contribution in [0.1, 0.15) is 37.8 Å². The maximum atomic E-state index is 10.1. The van der Waals surface area contributed by atoms with Gasteiger partial charge in [0, 0.05) is 24.2 Å². The average molecular weight is 260 g/mol. The Morgan fingerprint density at radius 2 is 2.21 bits per heavy atom. The first-order valence-electron chi connectivity index (χ1n) is 7.55. The third-order valence-corrected chi connectivity index (χ3v) is 4.80. The molecule has 0 bridgehead atoms. The van der Waals surface area contributed by atoms with Crippen LogP contribution >= 0.6 is 0 Å². The Bertz CT molecular complexity index is 435. The number of aromatic hydroxyl groups is 1. The van der Waals surface area contributed by atoms with Crippen molar-refractivity contribution >= 4 is 0 Å². The second-order valence-corrected chi connectivity index (χ2v) is 5.85. The fourth-order valence-corrected chi connectivity index (χ4v) is 3.89. The highest BCUT2D eigenvalue weighted by Crippen LogP contribution is 2.37. The van der Waals surface area contributed by atoms with E-state index >= 15 is 0 Å². The Hall–Kier alpha value is -1.06. The van der Waals surface area contributed by atoms with Crippen LogP contribution in [-0.2, 0) is 0 Å². The predicted octanol–water partition coefficient (Wildman–Crippen LogP) is 2.53. The number of nitrogens with one attached hydrogen (secondary N) is 1. The van der Waals surface area contributed by atoms with Gasteiger partial charge in [-0.15, -0.1) is 0 Å². The summed E-state index contributed by atoms with van der Waals surface area (Å²) in [5.74, 6) is 1.25. The number of nitrogens with zero attached hydrogens (tertiary/aromatic N) is 1. The molecule has 2 saturated heterocycles. The van der Waals surface area contributed by atoms with E-state index in [0.717, 1.165) is 31.0 Å². The largest absolute Gasteiger partial charge is 0.508 e. The number of hydrogen-bond acceptors (Lipinski definition) is 3. The summed E-state index contributed by atoms with van der Waals surface area (Å²) in [7, 11) is 0. The lowest BCUT2D eigenvalue weighted by Gasteiger charge is -2.42. The molecule has 2 aliphatic heterocycles. The number of rotatable bonds is 3. The summed E-state index contributed by atoms with van der Waals surface area (Å²) < 4.78 is 0. The van der Waals surface area contributed by atoms with Gasteiger partial charge in [-0.3, -0.25) is 4.90 Å². The number of likely N-dealkylation sites (tertiary alicyclic amines) is 1. The second-order valence-electron chi connectivity index (χ2n) is 5.85. The van der Waals surface area contributed by atoms with Crippen molar-refractivity contribution in [3.8, 4) is 5.75 Å². The fraction of sp³-hybridized carbons (Fsp3) is 0.625. The first-order chi connectivity index (χ1) is 9.31. The number of phenols is 1. The van der Waals surface area contributed by atoms with E-state index in [9.17, 15) is 5.11 Å². The molecule has 0 aromatic heterocycles. The molecule has 0 saturated carbocycles. The van der Waals surface area contributed by atoms with Gasteiger partial charge < -0.3 is 10.4 Å². The number of piperidine rings is 1. The van der Waals surface area contributed by atoms with Crippen LogP contribution in [0.2, 0.25) is 0 Å². The predicted molar refractivity (Wildman–Crippen MR) is 77.2 cm³/mol. The van der Waals surface area contributed by atoms with Gasteiger partial charge >= 0.3 is 0 Å². The molecule has 2 heterocycles. The van der Waals surface area contributed by atoms with E-state index in [-0.39, 0.29) is 0 Å². The first kappa shape index (κ1) is 12.9. The van der Waals surface area contributed by atoms with E-state index in [2.05, 4.69) is 23.2 Å². The minimum absolute atomic E-state index is 0.355. The van der Waals surface area contributed by atoms with Crippen molar-refractivity contribution in [1.29, 1.82) is 0 Å². The number of phenolic OH excluding ortho intramolecular Hbond substituents is 1. The van der Waals surface area contributed by atoms with E-state index in [1.165, 1.54) is 19.4 Å². The molecule has 19 heavy (non-hydrogen) atoms. The molecule has 104 valence electrons. The van der Waals surface area contributed by atoms with Crippen LogP contribution in [0.3, 0.4) is 0 Å². The van der Waals surface area contributed by atoms with Gasteiger partial charge in [-0.25, -0.2) is 0 Å². The van der Waals surface area contributed by atoms with Crippen LogP contribution < -0.4 is 5.32 Å². The number of fused-ring (bicyclic) bond motifs is 1. The topological polar surface area (TPSA) is 35.5 Å². The molecule has 0 aliphatic carbocycles. The van der Waals surface area contributed by atoms with Gasteiger partial charge in [0.2, 0.25) is 0 Å². The van der Waals surface area contributed by atoms with E-state index in [1.807, 2.05) is 18.2 Å². The normalized spacial score (nSPS) is 29.1. The second kappa shape index (κ2) is 5.51. The number of hydrogen-bond donors (Lipinski definition) is 2. The molecule has 2 aliphatic rings. The molecule has 1 aromatic rings. The Kier molecular flexibility index (Phi) is 3.76. The van der Waals surface area contributed by atoms with Crippen molar-refractivity contribution in [3.05, 3.63) is 29.8 Å². The molecule has 0 amide bonds. The third-order valence-electron chi connectivity index (χ3n) is 4.80. The smallest absolute Gasteiger partial charge is 0.120 e. The van der Waals surface area contributed by atoms with Crippen LogP contribution in [-0.4, -0.2) is 35.7 Å². The summed E-state index contributed by atoms with van der Waals surface area (Å²) in [4.78, 5) is 2.63. The molecule has 2 fully saturated rings. The lowest BCUT2D eigenvalue weighted by Crippen LogP contribution is -2.46. The van der Waals surface area contributed by atoms with Crippen LogP contribution in [0.5, 0.6) is 5.75 Å². The SMILES string of the molecule is CCC(c1ccccc1O)N1CCCC2CNCC21. The Morgan fingerprint density at radius 3 is 3.00 bits per heavy atom. The summed E-state index contributed by atoms with van der Waals surface area (Å²) in [6.07, 6.45) is 3.69. The van der Waals surface area contributed by atoms with Crippen molar-refractivity contribution in [3.63, 3.8) is 0 Å². The third kappa shape index (κ3) is 2.37. The van der Waals surface area contributed by atoms with Crippen molar-refractivity contribution < 1.29 is 5.11 Å². The molecular weight excluding hydrogens is 236 g/mol. The quantitative estimate of drug-likeness (QED) is 0.876. The lowest BCUT2D eigenvalue weighted by molar-refractivity contribution is 0.0733. The summed E-state index contributed by atoms with van der Waals surface area (Å²) in [5, 5.41) is 13.7. The summed E-state index contributed by atoms with van der Waals surface area (Å²) in [6.45, 7) is 5.66. The van der Waals surface area contributed by atoms with Crippen LogP contribution in [0, 0.1) is 5.92 Å². The average Bonchev–Trinajstić information content (AvgIpc) is 2.91. The molecule has 3 rings (SSSR count). The Labute approximate surface area is 115 Å². The molecule has 0 radical (unpaired) electrons. The first-order valence-corrected chi connectivity index (χ1v) is 7.55. The Balaban J connectivity index is 1.87. The standard InChI is InChI=1S/C16H24N2O/c1-2-14(13-7-3-4-8-16(13)19)18-9-5-6-12-10-17-11-15(12)18/h3-4,7-8,12,14-15,17,19H,2,5-6,9-11H2,1H3. The highest BCUT2D eigenvalue weighted by atomic mass is 16.3. The number of para-hydroxylation sites is 1. The zero-order chi connectivity index (χ0) is 13.2. The van der Waals surface area contributed by atoms with Gasteiger partial charge in [0.1, 0.15) is 5.75 Å². The van der Waals surface area contributed by atoms with Crippen LogP contribution in [0.15, 0.2) is 24.3 Å². The van der Waals surface area contributed by atoms with Crippen molar-refractivity contribution in [2.45, 2.75) is 38.3 Å². The molecule has 3 heteroatoms. The van der Waals surface area contributed by atoms with Gasteiger partial charge in [0.15, 0.2) is 0 Å². The van der Waals surface area contributed by atoms with E-state index in [4.69, 9.17) is 0 Å². The molecule has 3 unspecified atom stereocenters. The zero-order valence-electron chi connectivity index (χ0n) is 11.7. The summed E-state index contributed by atoms with van der Waals surface area (Å²) in [6, 6.07) is 8.84. The monoisotopic (exact) mass is 260 g/mol. The van der Waals surface area contributed by atoms with E-state index in [1.54, 1.807) is 0 Å². The molecule has 2 N–H and O–H groups in total. The number of benzene rings is 1. The molecule has 0 spiro atoms. The van der Waals surface area contributed by atoms with E-state index < -0.39 is 0 Å². The van der Waals surface area contributed by atoms with Crippen molar-refractivity contribution in [2.75, 3.05) is 19.6 Å². The highest BCUT2D eigenvalue weighted by molar-refractivity contribution is 5.34. The van der Waals surface area contributed by atoms with Crippen LogP contribution in [0.25, 0.3) is 0 Å². The van der Waals surface area contributed by atoms with Gasteiger partial charge in [0.05, 0.1) is 0 Å². The van der Waals surface area contributed by atoms with Gasteiger partial charge in [-0.2, -0.15) is 0 Å². The zero-order valence-corrected chi connectivity index (χ0v) is 11.7. The molecular formula is C16H24N2O. The fourth-order valence-electron chi connectivity index (χ4n) is 3.89. The minimum atomic E-state index is 0.355. The molecule has 1 aromatic carbocycles. The summed E-state index contributed by atoms with van der Waals surface area (Å²) >= 11 is 0. The molecule has 3 atom stereocenters. The van der Waals surface area contributed by atoms with Gasteiger partial charge in [-0.1, -0.05) is 25.1 Å². The lowest BCUT2D eigenvalue weighted by atomic mass is 9.88.